The molecule has 0 spiro atoms. The summed E-state index contributed by atoms with van der Waals surface area (Å²) in [5.74, 6) is -0.472. The van der Waals surface area contributed by atoms with E-state index in [4.69, 9.17) is 15.2 Å². The predicted molar refractivity (Wildman–Crippen MR) is 134 cm³/mol. The van der Waals surface area contributed by atoms with E-state index >= 15 is 0 Å². The van der Waals surface area contributed by atoms with Crippen LogP contribution in [0.15, 0.2) is 23.3 Å². The quantitative estimate of drug-likeness (QED) is 0.203. The first kappa shape index (κ1) is 26.7. The fourth-order valence-electron chi connectivity index (χ4n) is 4.66. The molecule has 0 aromatic carbocycles. The number of imidazole rings is 1. The maximum Gasteiger partial charge on any atom is 0.508 e. The van der Waals surface area contributed by atoms with Gasteiger partial charge < -0.3 is 24.9 Å². The average molecular weight is 490 g/mol. The number of rotatable bonds is 14. The number of nitrogen functional groups attached to an aromatic ring is 1. The topological polar surface area (TPSA) is 145 Å². The van der Waals surface area contributed by atoms with Gasteiger partial charge in [-0.1, -0.05) is 71.3 Å². The number of nitrogens with zero attached hydrogens (tertiary/aromatic N) is 3. The molecule has 0 radical (unpaired) electrons. The number of nitrogens with one attached hydrogen (secondary N) is 1. The average Bonchev–Trinajstić information content (AvgIpc) is 3.36. The van der Waals surface area contributed by atoms with Crippen molar-refractivity contribution in [3.05, 3.63) is 28.8 Å². The highest BCUT2D eigenvalue weighted by atomic mass is 16.7. The maximum absolute atomic E-state index is 12.0. The Morgan fingerprint density at radius 3 is 2.51 bits per heavy atom. The van der Waals surface area contributed by atoms with E-state index in [1.165, 1.54) is 51.3 Å². The number of H-pyrrole nitrogens is 1. The van der Waals surface area contributed by atoms with Crippen molar-refractivity contribution in [2.75, 3.05) is 18.9 Å². The van der Waals surface area contributed by atoms with Crippen LogP contribution in [0.2, 0.25) is 0 Å². The number of fused-ring (bicyclic) bond motifs is 1. The molecule has 10 nitrogen and oxygen atoms in total. The van der Waals surface area contributed by atoms with Gasteiger partial charge in [0.15, 0.2) is 11.2 Å². The number of carbonyl (C=O) groups is 1. The molecule has 0 bridgehead atoms. The molecule has 1 aliphatic carbocycles. The van der Waals surface area contributed by atoms with Gasteiger partial charge in [-0.25, -0.2) is 9.78 Å². The number of aromatic amines is 1. The number of ether oxygens (including phenoxy) is 2. The van der Waals surface area contributed by atoms with E-state index in [0.29, 0.717) is 24.2 Å². The molecule has 10 heteroatoms. The molecule has 0 saturated heterocycles. The number of hydrogen-bond acceptors (Lipinski definition) is 8. The van der Waals surface area contributed by atoms with Crippen LogP contribution in [0.4, 0.5) is 10.7 Å². The monoisotopic (exact) mass is 489 g/mol. The normalized spacial score (nSPS) is 19.9. The summed E-state index contributed by atoms with van der Waals surface area (Å²) in [7, 11) is 0. The molecule has 3 rings (SSSR count). The van der Waals surface area contributed by atoms with E-state index in [1.54, 1.807) is 4.57 Å². The highest BCUT2D eigenvalue weighted by molar-refractivity contribution is 5.71. The van der Waals surface area contributed by atoms with Crippen molar-refractivity contribution in [3.63, 3.8) is 0 Å². The van der Waals surface area contributed by atoms with Crippen LogP contribution in [-0.2, 0) is 9.47 Å². The maximum atomic E-state index is 12.0. The largest absolute Gasteiger partial charge is 0.508 e. The molecule has 4 N–H and O–H groups in total. The third-order valence-corrected chi connectivity index (χ3v) is 6.72. The van der Waals surface area contributed by atoms with E-state index < -0.39 is 23.7 Å². The Morgan fingerprint density at radius 2 is 1.83 bits per heavy atom. The summed E-state index contributed by atoms with van der Waals surface area (Å²) >= 11 is 0. The van der Waals surface area contributed by atoms with Crippen molar-refractivity contribution in [2.24, 2.45) is 5.92 Å². The summed E-state index contributed by atoms with van der Waals surface area (Å²) in [5.41, 5.74) is 6.39. The van der Waals surface area contributed by atoms with E-state index in [0.717, 1.165) is 19.3 Å². The van der Waals surface area contributed by atoms with E-state index in [2.05, 4.69) is 28.5 Å². The van der Waals surface area contributed by atoms with Crippen LogP contribution in [0, 0.1) is 5.92 Å². The minimum atomic E-state index is -0.765. The molecule has 2 aromatic heterocycles. The first-order chi connectivity index (χ1) is 16.9. The van der Waals surface area contributed by atoms with Gasteiger partial charge in [-0.2, -0.15) is 4.98 Å². The molecule has 2 aromatic rings. The lowest BCUT2D eigenvalue weighted by molar-refractivity contribution is 0.0299. The smallest absolute Gasteiger partial charge is 0.434 e. The number of aliphatic hydroxyl groups excluding tert-OH is 1. The van der Waals surface area contributed by atoms with Crippen molar-refractivity contribution >= 4 is 23.3 Å². The lowest BCUT2D eigenvalue weighted by Gasteiger charge is -2.17. The van der Waals surface area contributed by atoms with Gasteiger partial charge in [0.1, 0.15) is 6.61 Å². The lowest BCUT2D eigenvalue weighted by Crippen LogP contribution is -2.22. The summed E-state index contributed by atoms with van der Waals surface area (Å²) in [6.45, 7) is 6.62. The van der Waals surface area contributed by atoms with Gasteiger partial charge in [0.2, 0.25) is 5.95 Å². The van der Waals surface area contributed by atoms with Gasteiger partial charge >= 0.3 is 6.16 Å². The molecule has 194 valence electrons. The zero-order valence-corrected chi connectivity index (χ0v) is 20.7. The summed E-state index contributed by atoms with van der Waals surface area (Å²) in [6, 6.07) is -0.347. The molecule has 0 aliphatic heterocycles. The van der Waals surface area contributed by atoms with Crippen molar-refractivity contribution in [2.45, 2.75) is 89.7 Å². The van der Waals surface area contributed by atoms with Gasteiger partial charge in [0.05, 0.1) is 25.1 Å². The number of anilines is 1. The Bertz CT molecular complexity index is 1030. The fourth-order valence-corrected chi connectivity index (χ4v) is 4.66. The van der Waals surface area contributed by atoms with E-state index in [9.17, 15) is 14.7 Å². The van der Waals surface area contributed by atoms with E-state index in [1.807, 2.05) is 0 Å². The number of unbranched alkanes of at least 4 members (excludes halogenated alkanes) is 9. The first-order valence-electron chi connectivity index (χ1n) is 12.8. The zero-order valence-electron chi connectivity index (χ0n) is 20.7. The molecule has 1 saturated carbocycles. The number of nitrogens with two attached hydrogens (primary N) is 1. The van der Waals surface area contributed by atoms with Gasteiger partial charge in [0.25, 0.3) is 5.56 Å². The molecule has 0 unspecified atom stereocenters. The summed E-state index contributed by atoms with van der Waals surface area (Å²) in [4.78, 5) is 34.7. The Hall–Kier alpha value is -2.88. The molecule has 1 fully saturated rings. The van der Waals surface area contributed by atoms with Crippen molar-refractivity contribution in [1.82, 2.24) is 19.5 Å². The SMILES string of the molecule is C=C1[C@H](COC(=O)OCCCCCCCCCCCC)[C@@H](O)C[C@@H]1n1cnc2c(=O)[nH]c(N)nc21. The highest BCUT2D eigenvalue weighted by Crippen LogP contribution is 2.40. The molecular formula is C25H39N5O5. The molecule has 3 atom stereocenters. The first-order valence-corrected chi connectivity index (χ1v) is 12.8. The van der Waals surface area contributed by atoms with Gasteiger partial charge in [-0.15, -0.1) is 0 Å². The molecule has 35 heavy (non-hydrogen) atoms. The van der Waals surface area contributed by atoms with Gasteiger partial charge in [-0.05, 0) is 18.4 Å². The second kappa shape index (κ2) is 13.3. The minimum Gasteiger partial charge on any atom is -0.434 e. The second-order valence-electron chi connectivity index (χ2n) is 9.37. The standard InChI is InChI=1S/C25H39N5O5/c1-3-4-5-6-7-8-9-10-11-12-13-34-25(33)35-15-18-17(2)19(14-20(18)31)30-16-27-21-22(30)28-24(26)29-23(21)32/h16,18-20,31H,2-15H2,1H3,(H3,26,28,29,32)/t18-,19-,20-/m0/s1. The van der Waals surface area contributed by atoms with Crippen LogP contribution in [0.3, 0.4) is 0 Å². The van der Waals surface area contributed by atoms with Crippen LogP contribution in [0.25, 0.3) is 11.2 Å². The number of aliphatic hydroxyl groups is 1. The molecule has 0 amide bonds. The van der Waals surface area contributed by atoms with Gasteiger partial charge in [0, 0.05) is 5.92 Å². The van der Waals surface area contributed by atoms with Crippen LogP contribution >= 0.6 is 0 Å². The third-order valence-electron chi connectivity index (χ3n) is 6.72. The van der Waals surface area contributed by atoms with Crippen LogP contribution in [0.5, 0.6) is 0 Å². The number of carbonyl (C=O) groups excluding carboxylic acids is 1. The Balaban J connectivity index is 1.36. The van der Waals surface area contributed by atoms with Gasteiger partial charge in [-0.3, -0.25) is 9.78 Å². The summed E-state index contributed by atoms with van der Waals surface area (Å²) < 4.78 is 12.1. The van der Waals surface area contributed by atoms with Crippen LogP contribution in [-0.4, -0.2) is 50.1 Å². The Morgan fingerprint density at radius 1 is 1.17 bits per heavy atom. The summed E-state index contributed by atoms with van der Waals surface area (Å²) in [6.07, 6.45) is 12.4. The van der Waals surface area contributed by atoms with Crippen LogP contribution in [0.1, 0.15) is 83.6 Å². The zero-order chi connectivity index (χ0) is 25.2. The van der Waals surface area contributed by atoms with Crippen molar-refractivity contribution in [3.8, 4) is 0 Å². The third kappa shape index (κ3) is 7.30. The fraction of sp³-hybridized carbons (Fsp3) is 0.680. The Kier molecular flexibility index (Phi) is 10.1. The van der Waals surface area contributed by atoms with Crippen LogP contribution < -0.4 is 11.3 Å². The lowest BCUT2D eigenvalue weighted by atomic mass is 10.0. The predicted octanol–water partition coefficient (Wildman–Crippen LogP) is 4.25. The number of aromatic nitrogens is 4. The summed E-state index contributed by atoms with van der Waals surface area (Å²) in [5, 5.41) is 10.6. The van der Waals surface area contributed by atoms with Crippen molar-refractivity contribution < 1.29 is 19.4 Å². The molecule has 1 aliphatic rings. The minimum absolute atomic E-state index is 0.0153. The molecular weight excluding hydrogens is 450 g/mol. The Labute approximate surface area is 205 Å². The molecule has 2 heterocycles. The number of hydrogen-bond donors (Lipinski definition) is 3. The van der Waals surface area contributed by atoms with E-state index in [-0.39, 0.29) is 24.1 Å². The van der Waals surface area contributed by atoms with Crippen molar-refractivity contribution in [1.29, 1.82) is 0 Å². The highest BCUT2D eigenvalue weighted by Gasteiger charge is 2.39. The second-order valence-corrected chi connectivity index (χ2v) is 9.37.